The van der Waals surface area contributed by atoms with Crippen LogP contribution < -0.4 is 0 Å². The summed E-state index contributed by atoms with van der Waals surface area (Å²) in [4.78, 5) is 0. The molecule has 0 spiro atoms. The van der Waals surface area contributed by atoms with Crippen LogP contribution >= 0.6 is 0 Å². The van der Waals surface area contributed by atoms with E-state index in [-0.39, 0.29) is 6.10 Å². The Morgan fingerprint density at radius 3 is 2.38 bits per heavy atom. The highest BCUT2D eigenvalue weighted by Gasteiger charge is 2.28. The van der Waals surface area contributed by atoms with E-state index in [4.69, 9.17) is 0 Å². The molecule has 3 unspecified atom stereocenters. The second kappa shape index (κ2) is 6.05. The fourth-order valence-electron chi connectivity index (χ4n) is 3.86. The Kier molecular flexibility index (Phi) is 4.69. The van der Waals surface area contributed by atoms with Gasteiger partial charge in [-0.25, -0.2) is 0 Å². The van der Waals surface area contributed by atoms with Crippen molar-refractivity contribution in [3.05, 3.63) is 0 Å². The van der Waals surface area contributed by atoms with E-state index < -0.39 is 0 Å². The summed E-state index contributed by atoms with van der Waals surface area (Å²) in [6, 6.07) is 0. The molecule has 1 N–H and O–H groups in total. The average molecular weight is 224 g/mol. The second-order valence-corrected chi connectivity index (χ2v) is 6.15. The predicted molar refractivity (Wildman–Crippen MR) is 68.3 cm³/mol. The first-order valence-corrected chi connectivity index (χ1v) is 7.47. The SMILES string of the molecule is CCC1CCCC(CC(O)C2CCCC2)C1. The third kappa shape index (κ3) is 3.23. The van der Waals surface area contributed by atoms with Gasteiger partial charge >= 0.3 is 0 Å². The van der Waals surface area contributed by atoms with Gasteiger partial charge in [-0.1, -0.05) is 45.4 Å². The largest absolute Gasteiger partial charge is 0.393 e. The lowest BCUT2D eigenvalue weighted by Crippen LogP contribution is -2.24. The van der Waals surface area contributed by atoms with Gasteiger partial charge in [0.15, 0.2) is 0 Å². The maximum atomic E-state index is 10.3. The Morgan fingerprint density at radius 2 is 1.69 bits per heavy atom. The Bertz CT molecular complexity index is 196. The standard InChI is InChI=1S/C15H28O/c1-2-12-6-5-7-13(10-12)11-15(16)14-8-3-4-9-14/h12-16H,2-11H2,1H3. The van der Waals surface area contributed by atoms with Crippen LogP contribution in [0.25, 0.3) is 0 Å². The van der Waals surface area contributed by atoms with Crippen molar-refractivity contribution in [1.82, 2.24) is 0 Å². The molecule has 16 heavy (non-hydrogen) atoms. The molecule has 0 bridgehead atoms. The highest BCUT2D eigenvalue weighted by molar-refractivity contribution is 4.80. The van der Waals surface area contributed by atoms with Crippen molar-refractivity contribution in [1.29, 1.82) is 0 Å². The lowest BCUT2D eigenvalue weighted by molar-refractivity contribution is 0.0703. The molecular weight excluding hydrogens is 196 g/mol. The summed E-state index contributed by atoms with van der Waals surface area (Å²) >= 11 is 0. The van der Waals surface area contributed by atoms with Gasteiger partial charge in [-0.3, -0.25) is 0 Å². The van der Waals surface area contributed by atoms with Crippen LogP contribution in [0.5, 0.6) is 0 Å². The van der Waals surface area contributed by atoms with Gasteiger partial charge in [0.1, 0.15) is 0 Å². The van der Waals surface area contributed by atoms with Gasteiger partial charge in [-0.2, -0.15) is 0 Å². The van der Waals surface area contributed by atoms with Crippen molar-refractivity contribution >= 4 is 0 Å². The molecule has 0 amide bonds. The molecular formula is C15H28O. The fraction of sp³-hybridized carbons (Fsp3) is 1.00. The third-order valence-electron chi connectivity index (χ3n) is 4.99. The summed E-state index contributed by atoms with van der Waals surface area (Å²) in [6.07, 6.45) is 13.3. The molecule has 0 saturated heterocycles. The zero-order valence-corrected chi connectivity index (χ0v) is 10.8. The molecule has 2 rings (SSSR count). The van der Waals surface area contributed by atoms with Gasteiger partial charge in [0.2, 0.25) is 0 Å². The van der Waals surface area contributed by atoms with Gasteiger partial charge in [0.25, 0.3) is 0 Å². The topological polar surface area (TPSA) is 20.2 Å². The zero-order valence-electron chi connectivity index (χ0n) is 10.8. The number of aliphatic hydroxyl groups excluding tert-OH is 1. The van der Waals surface area contributed by atoms with Crippen LogP contribution in [0.1, 0.15) is 71.1 Å². The van der Waals surface area contributed by atoms with Crippen LogP contribution in [0.3, 0.4) is 0 Å². The van der Waals surface area contributed by atoms with Crippen molar-refractivity contribution in [2.24, 2.45) is 17.8 Å². The Hall–Kier alpha value is -0.0400. The molecule has 0 aromatic rings. The lowest BCUT2D eigenvalue weighted by Gasteiger charge is -2.31. The van der Waals surface area contributed by atoms with E-state index in [1.165, 1.54) is 57.8 Å². The molecule has 1 heteroatoms. The average Bonchev–Trinajstić information content (AvgIpc) is 2.83. The summed E-state index contributed by atoms with van der Waals surface area (Å²) in [5.41, 5.74) is 0. The lowest BCUT2D eigenvalue weighted by atomic mass is 9.76. The van der Waals surface area contributed by atoms with Crippen LogP contribution in [0, 0.1) is 17.8 Å². The second-order valence-electron chi connectivity index (χ2n) is 6.15. The molecule has 0 radical (unpaired) electrons. The van der Waals surface area contributed by atoms with E-state index in [1.54, 1.807) is 0 Å². The maximum Gasteiger partial charge on any atom is 0.0571 e. The van der Waals surface area contributed by atoms with Gasteiger partial charge in [-0.05, 0) is 43.4 Å². The van der Waals surface area contributed by atoms with Gasteiger partial charge in [0.05, 0.1) is 6.10 Å². The molecule has 2 saturated carbocycles. The van der Waals surface area contributed by atoms with E-state index in [9.17, 15) is 5.11 Å². The van der Waals surface area contributed by atoms with Crippen molar-refractivity contribution in [2.45, 2.75) is 77.2 Å². The number of hydrogen-bond donors (Lipinski definition) is 1. The molecule has 0 aromatic carbocycles. The minimum Gasteiger partial charge on any atom is -0.393 e. The van der Waals surface area contributed by atoms with Gasteiger partial charge in [0, 0.05) is 0 Å². The van der Waals surface area contributed by atoms with Crippen LogP contribution in [-0.2, 0) is 0 Å². The van der Waals surface area contributed by atoms with Crippen molar-refractivity contribution in [2.75, 3.05) is 0 Å². The fourth-order valence-corrected chi connectivity index (χ4v) is 3.86. The summed E-state index contributed by atoms with van der Waals surface area (Å²) in [7, 11) is 0. The van der Waals surface area contributed by atoms with Crippen molar-refractivity contribution in [3.63, 3.8) is 0 Å². The van der Waals surface area contributed by atoms with Crippen LogP contribution in [0.4, 0.5) is 0 Å². The Balaban J connectivity index is 1.75. The van der Waals surface area contributed by atoms with E-state index in [2.05, 4.69) is 6.92 Å². The van der Waals surface area contributed by atoms with Gasteiger partial charge in [-0.15, -0.1) is 0 Å². The molecule has 2 aliphatic rings. The monoisotopic (exact) mass is 224 g/mol. The molecule has 1 nitrogen and oxygen atoms in total. The third-order valence-corrected chi connectivity index (χ3v) is 4.99. The first-order valence-electron chi connectivity index (χ1n) is 7.47. The van der Waals surface area contributed by atoms with Crippen LogP contribution in [0.15, 0.2) is 0 Å². The predicted octanol–water partition coefficient (Wildman–Crippen LogP) is 4.14. The summed E-state index contributed by atoms with van der Waals surface area (Å²) in [5.74, 6) is 2.42. The molecule has 3 atom stereocenters. The van der Waals surface area contributed by atoms with Crippen LogP contribution in [-0.4, -0.2) is 11.2 Å². The summed E-state index contributed by atoms with van der Waals surface area (Å²) < 4.78 is 0. The highest BCUT2D eigenvalue weighted by atomic mass is 16.3. The molecule has 0 aromatic heterocycles. The smallest absolute Gasteiger partial charge is 0.0571 e. The molecule has 0 aliphatic heterocycles. The quantitative estimate of drug-likeness (QED) is 0.760. The minimum atomic E-state index is 0.0168. The first-order chi connectivity index (χ1) is 7.79. The summed E-state index contributed by atoms with van der Waals surface area (Å²) in [5, 5.41) is 10.3. The number of rotatable bonds is 4. The zero-order chi connectivity index (χ0) is 11.4. The van der Waals surface area contributed by atoms with E-state index >= 15 is 0 Å². The summed E-state index contributed by atoms with van der Waals surface area (Å²) in [6.45, 7) is 2.32. The molecule has 0 heterocycles. The van der Waals surface area contributed by atoms with E-state index in [0.29, 0.717) is 5.92 Å². The van der Waals surface area contributed by atoms with E-state index in [0.717, 1.165) is 18.3 Å². The Morgan fingerprint density at radius 1 is 1.00 bits per heavy atom. The van der Waals surface area contributed by atoms with Crippen LogP contribution in [0.2, 0.25) is 0 Å². The van der Waals surface area contributed by atoms with E-state index in [1.807, 2.05) is 0 Å². The normalized spacial score (nSPS) is 34.1. The minimum absolute atomic E-state index is 0.0168. The molecule has 2 fully saturated rings. The van der Waals surface area contributed by atoms with Crippen molar-refractivity contribution < 1.29 is 5.11 Å². The molecule has 94 valence electrons. The van der Waals surface area contributed by atoms with Crippen molar-refractivity contribution in [3.8, 4) is 0 Å². The maximum absolute atomic E-state index is 10.3. The van der Waals surface area contributed by atoms with Gasteiger partial charge < -0.3 is 5.11 Å². The highest BCUT2D eigenvalue weighted by Crippen LogP contribution is 2.37. The number of aliphatic hydroxyl groups is 1. The first kappa shape index (κ1) is 12.4. The number of hydrogen-bond acceptors (Lipinski definition) is 1. The Labute approximate surface area is 101 Å². The molecule has 2 aliphatic carbocycles.